The number of aromatic nitrogens is 5. The second-order valence-electron chi connectivity index (χ2n) is 9.65. The predicted molar refractivity (Wildman–Crippen MR) is 150 cm³/mol. The molecule has 4 heterocycles. The molecule has 1 amide bonds. The Labute approximate surface area is 225 Å². The number of hydrogen-bond donors (Lipinski definition) is 1. The van der Waals surface area contributed by atoms with Crippen molar-refractivity contribution in [3.05, 3.63) is 98.8 Å². The van der Waals surface area contributed by atoms with Gasteiger partial charge in [-0.05, 0) is 55.7 Å². The van der Waals surface area contributed by atoms with E-state index in [0.29, 0.717) is 46.5 Å². The first-order chi connectivity index (χ1) is 18.3. The van der Waals surface area contributed by atoms with Gasteiger partial charge >= 0.3 is 0 Å². The van der Waals surface area contributed by atoms with Crippen molar-refractivity contribution in [1.29, 1.82) is 0 Å². The average Bonchev–Trinajstić information content (AvgIpc) is 3.47. The van der Waals surface area contributed by atoms with Crippen molar-refractivity contribution in [2.75, 3.05) is 6.54 Å². The van der Waals surface area contributed by atoms with Gasteiger partial charge in [0.15, 0.2) is 4.96 Å². The van der Waals surface area contributed by atoms with Crippen molar-refractivity contribution in [3.63, 3.8) is 0 Å². The summed E-state index contributed by atoms with van der Waals surface area (Å²) in [6.45, 7) is 8.60. The Morgan fingerprint density at radius 3 is 2.61 bits per heavy atom. The Kier molecular flexibility index (Phi) is 7.20. The van der Waals surface area contributed by atoms with Gasteiger partial charge in [-0.2, -0.15) is 5.10 Å². The first-order valence-electron chi connectivity index (χ1n) is 12.7. The Morgan fingerprint density at radius 2 is 1.89 bits per heavy atom. The maximum absolute atomic E-state index is 13.7. The van der Waals surface area contributed by atoms with Gasteiger partial charge in [0.2, 0.25) is 5.91 Å². The number of thiazole rings is 1. The lowest BCUT2D eigenvalue weighted by atomic mass is 10.0. The van der Waals surface area contributed by atoms with Crippen LogP contribution in [0.1, 0.15) is 48.1 Å². The zero-order valence-corrected chi connectivity index (χ0v) is 22.7. The van der Waals surface area contributed by atoms with E-state index in [1.807, 2.05) is 60.3 Å². The fraction of sp³-hybridized carbons (Fsp3) is 0.276. The number of fused-ring (bicyclic) bond motifs is 1. The smallest absolute Gasteiger partial charge is 0.268 e. The van der Waals surface area contributed by atoms with Gasteiger partial charge in [-0.15, -0.1) is 11.3 Å². The molecular formula is C29H30N6O2S. The number of carbonyl (C=O) groups is 1. The van der Waals surface area contributed by atoms with Gasteiger partial charge in [0, 0.05) is 41.6 Å². The highest BCUT2D eigenvalue weighted by Crippen LogP contribution is 2.24. The number of nitrogens with zero attached hydrogens (tertiary/aromatic N) is 5. The summed E-state index contributed by atoms with van der Waals surface area (Å²) in [4.78, 5) is 35.9. The van der Waals surface area contributed by atoms with E-state index in [1.54, 1.807) is 6.20 Å². The van der Waals surface area contributed by atoms with Gasteiger partial charge in [-0.3, -0.25) is 19.0 Å². The molecule has 0 aliphatic heterocycles. The molecule has 4 aromatic heterocycles. The van der Waals surface area contributed by atoms with Gasteiger partial charge in [0.05, 0.1) is 23.4 Å². The number of hydrogen-bond acceptors (Lipinski definition) is 6. The summed E-state index contributed by atoms with van der Waals surface area (Å²) in [5.41, 5.74) is 6.04. The van der Waals surface area contributed by atoms with Crippen molar-refractivity contribution in [3.8, 4) is 16.9 Å². The summed E-state index contributed by atoms with van der Waals surface area (Å²) in [5, 5.41) is 9.53. The summed E-state index contributed by atoms with van der Waals surface area (Å²) in [7, 11) is 0. The second kappa shape index (κ2) is 10.7. The van der Waals surface area contributed by atoms with E-state index in [-0.39, 0.29) is 17.9 Å². The van der Waals surface area contributed by atoms with Gasteiger partial charge in [0.1, 0.15) is 5.69 Å². The molecule has 5 aromatic rings. The first kappa shape index (κ1) is 25.5. The van der Waals surface area contributed by atoms with Crippen molar-refractivity contribution >= 4 is 22.2 Å². The van der Waals surface area contributed by atoms with E-state index < -0.39 is 0 Å². The lowest BCUT2D eigenvalue weighted by molar-refractivity contribution is -0.120. The van der Waals surface area contributed by atoms with Crippen LogP contribution in [0.25, 0.3) is 21.9 Å². The molecule has 0 aliphatic carbocycles. The lowest BCUT2D eigenvalue weighted by Crippen LogP contribution is -2.29. The summed E-state index contributed by atoms with van der Waals surface area (Å²) in [6.07, 6.45) is 2.46. The zero-order chi connectivity index (χ0) is 26.8. The Bertz CT molecular complexity index is 1650. The van der Waals surface area contributed by atoms with Crippen LogP contribution in [-0.4, -0.2) is 36.6 Å². The van der Waals surface area contributed by atoms with Crippen LogP contribution >= 0.6 is 11.3 Å². The van der Waals surface area contributed by atoms with Crippen LogP contribution in [0.2, 0.25) is 0 Å². The normalized spacial score (nSPS) is 11.4. The minimum Gasteiger partial charge on any atom is -0.355 e. The highest BCUT2D eigenvalue weighted by Gasteiger charge is 2.20. The monoisotopic (exact) mass is 526 g/mol. The molecule has 0 saturated carbocycles. The molecule has 0 bridgehead atoms. The standard InChI is InChI=1S/C29H30N6O2S/c1-18(2)21-8-10-23(11-9-21)35-19(3)15-25(33-35)27-20(4)32-29-34(28(27)37)24(17-38-29)16-26(36)31-14-12-22-7-5-6-13-30-22/h5-11,13,15,17-18H,12,14,16H2,1-4H3,(H,31,36). The third kappa shape index (κ3) is 5.15. The van der Waals surface area contributed by atoms with Crippen molar-refractivity contribution in [2.24, 2.45) is 0 Å². The predicted octanol–water partition coefficient (Wildman–Crippen LogP) is 4.65. The van der Waals surface area contributed by atoms with Crippen molar-refractivity contribution < 1.29 is 4.79 Å². The first-order valence-corrected chi connectivity index (χ1v) is 13.5. The molecule has 1 N–H and O–H groups in total. The fourth-order valence-electron chi connectivity index (χ4n) is 4.49. The van der Waals surface area contributed by atoms with Crippen LogP contribution in [0.4, 0.5) is 0 Å². The molecule has 0 aliphatic rings. The van der Waals surface area contributed by atoms with Gasteiger partial charge in [-0.1, -0.05) is 32.0 Å². The topological polar surface area (TPSA) is 94.2 Å². The summed E-state index contributed by atoms with van der Waals surface area (Å²) < 4.78 is 3.38. The van der Waals surface area contributed by atoms with Gasteiger partial charge in [-0.25, -0.2) is 9.67 Å². The second-order valence-corrected chi connectivity index (χ2v) is 10.5. The molecular weight excluding hydrogens is 496 g/mol. The molecule has 9 heteroatoms. The van der Waals surface area contributed by atoms with Crippen molar-refractivity contribution in [2.45, 2.75) is 46.5 Å². The van der Waals surface area contributed by atoms with E-state index >= 15 is 0 Å². The fourth-order valence-corrected chi connectivity index (χ4v) is 5.41. The molecule has 0 fully saturated rings. The zero-order valence-electron chi connectivity index (χ0n) is 21.9. The maximum atomic E-state index is 13.7. The quantitative estimate of drug-likeness (QED) is 0.318. The molecule has 38 heavy (non-hydrogen) atoms. The molecule has 5 rings (SSSR count). The van der Waals surface area contributed by atoms with Crippen LogP contribution in [0.3, 0.4) is 0 Å². The lowest BCUT2D eigenvalue weighted by Gasteiger charge is -2.08. The molecule has 0 atom stereocenters. The minimum atomic E-state index is -0.218. The van der Waals surface area contributed by atoms with Gasteiger partial charge < -0.3 is 5.32 Å². The molecule has 0 spiro atoms. The van der Waals surface area contributed by atoms with E-state index in [1.165, 1.54) is 21.3 Å². The number of aryl methyl sites for hydroxylation is 2. The number of nitrogens with one attached hydrogen (secondary N) is 1. The largest absolute Gasteiger partial charge is 0.355 e. The highest BCUT2D eigenvalue weighted by molar-refractivity contribution is 7.15. The molecule has 1 aromatic carbocycles. The van der Waals surface area contributed by atoms with Crippen LogP contribution in [-0.2, 0) is 17.6 Å². The summed E-state index contributed by atoms with van der Waals surface area (Å²) in [6, 6.07) is 15.9. The van der Waals surface area contributed by atoms with Gasteiger partial charge in [0.25, 0.3) is 5.56 Å². The molecule has 0 unspecified atom stereocenters. The van der Waals surface area contributed by atoms with Crippen LogP contribution in [0.5, 0.6) is 0 Å². The third-order valence-corrected chi connectivity index (χ3v) is 7.41. The minimum absolute atomic E-state index is 0.0853. The maximum Gasteiger partial charge on any atom is 0.268 e. The number of rotatable bonds is 8. The highest BCUT2D eigenvalue weighted by atomic mass is 32.1. The van der Waals surface area contributed by atoms with Crippen LogP contribution in [0, 0.1) is 13.8 Å². The average molecular weight is 527 g/mol. The Morgan fingerprint density at radius 1 is 1.11 bits per heavy atom. The van der Waals surface area contributed by atoms with Crippen LogP contribution in [0.15, 0.2) is 64.9 Å². The van der Waals surface area contributed by atoms with E-state index in [0.717, 1.165) is 17.1 Å². The number of benzene rings is 1. The number of carbonyl (C=O) groups excluding carboxylic acids is 1. The Hall–Kier alpha value is -4.11. The van der Waals surface area contributed by atoms with E-state index in [2.05, 4.69) is 41.3 Å². The molecule has 194 valence electrons. The summed E-state index contributed by atoms with van der Waals surface area (Å²) >= 11 is 1.35. The van der Waals surface area contributed by atoms with Crippen LogP contribution < -0.4 is 10.9 Å². The van der Waals surface area contributed by atoms with Crippen molar-refractivity contribution in [1.82, 2.24) is 29.5 Å². The third-order valence-electron chi connectivity index (χ3n) is 6.54. The SMILES string of the molecule is Cc1nc2scc(CC(=O)NCCc3ccccn3)n2c(=O)c1-c1cc(C)n(-c2ccc(C(C)C)cc2)n1. The molecule has 0 saturated heterocycles. The summed E-state index contributed by atoms with van der Waals surface area (Å²) in [5.74, 6) is 0.293. The van der Waals surface area contributed by atoms with E-state index in [9.17, 15) is 9.59 Å². The Balaban J connectivity index is 1.41. The number of pyridine rings is 1. The molecule has 8 nitrogen and oxygen atoms in total. The molecule has 0 radical (unpaired) electrons. The van der Waals surface area contributed by atoms with E-state index in [4.69, 9.17) is 5.10 Å². The number of amides is 1.